The number of carbonyl (C=O) groups excluding carboxylic acids is 1. The summed E-state index contributed by atoms with van der Waals surface area (Å²) in [5.74, 6) is 0.474. The third kappa shape index (κ3) is 5.62. The van der Waals surface area contributed by atoms with E-state index >= 15 is 0 Å². The third-order valence-electron chi connectivity index (χ3n) is 6.60. The Hall–Kier alpha value is -3.87. The van der Waals surface area contributed by atoms with E-state index < -0.39 is 0 Å². The predicted octanol–water partition coefficient (Wildman–Crippen LogP) is 5.85. The first kappa shape index (κ1) is 24.3. The summed E-state index contributed by atoms with van der Waals surface area (Å²) in [5, 5.41) is 15.0. The van der Waals surface area contributed by atoms with Crippen LogP contribution in [-0.2, 0) is 0 Å². The number of hydrogen-bond acceptors (Lipinski definition) is 5. The molecule has 1 aliphatic rings. The lowest BCUT2D eigenvalue weighted by molar-refractivity contribution is -0.384. The summed E-state index contributed by atoms with van der Waals surface area (Å²) >= 11 is 0. The number of amides is 1. The van der Waals surface area contributed by atoms with Crippen molar-refractivity contribution in [3.63, 3.8) is 0 Å². The highest BCUT2D eigenvalue weighted by Gasteiger charge is 2.24. The van der Waals surface area contributed by atoms with Crippen molar-refractivity contribution in [2.24, 2.45) is 0 Å². The molecule has 1 amide bonds. The molecule has 0 aromatic heterocycles. The summed E-state index contributed by atoms with van der Waals surface area (Å²) in [6.45, 7) is 8.80. The summed E-state index contributed by atoms with van der Waals surface area (Å²) in [7, 11) is 0. The van der Waals surface area contributed by atoms with E-state index in [1.54, 1.807) is 12.1 Å². The topological polar surface area (TPSA) is 78.7 Å². The van der Waals surface area contributed by atoms with Gasteiger partial charge < -0.3 is 15.1 Å². The van der Waals surface area contributed by atoms with E-state index in [2.05, 4.69) is 24.1 Å². The van der Waals surface area contributed by atoms with Crippen LogP contribution >= 0.6 is 0 Å². The molecule has 7 nitrogen and oxygen atoms in total. The van der Waals surface area contributed by atoms with E-state index in [1.165, 1.54) is 5.56 Å². The largest absolute Gasteiger partial charge is 0.373 e. The first-order valence-electron chi connectivity index (χ1n) is 12.1. The lowest BCUT2D eigenvalue weighted by Gasteiger charge is -2.36. The van der Waals surface area contributed by atoms with Gasteiger partial charge >= 0.3 is 0 Å². The monoisotopic (exact) mass is 472 g/mol. The van der Waals surface area contributed by atoms with Crippen molar-refractivity contribution < 1.29 is 9.72 Å². The predicted molar refractivity (Wildman–Crippen MR) is 140 cm³/mol. The van der Waals surface area contributed by atoms with Crippen LogP contribution in [-0.4, -0.2) is 41.9 Å². The molecule has 182 valence electrons. The number of carbonyl (C=O) groups is 1. The second-order valence-corrected chi connectivity index (χ2v) is 9.29. The number of nitro benzene ring substituents is 1. The maximum absolute atomic E-state index is 13.0. The summed E-state index contributed by atoms with van der Waals surface area (Å²) in [6.07, 6.45) is 0. The quantitative estimate of drug-likeness (QED) is 0.344. The van der Waals surface area contributed by atoms with Crippen LogP contribution in [0.4, 0.5) is 17.1 Å². The molecule has 7 heteroatoms. The van der Waals surface area contributed by atoms with Crippen molar-refractivity contribution >= 4 is 23.0 Å². The Morgan fingerprint density at radius 2 is 1.54 bits per heavy atom. The maximum atomic E-state index is 13.0. The molecule has 3 aromatic carbocycles. The number of nitrogens with zero attached hydrogens (tertiary/aromatic N) is 3. The second-order valence-electron chi connectivity index (χ2n) is 9.29. The maximum Gasteiger partial charge on any atom is 0.292 e. The zero-order valence-electron chi connectivity index (χ0n) is 20.5. The van der Waals surface area contributed by atoms with Crippen LogP contribution in [0.5, 0.6) is 0 Å². The van der Waals surface area contributed by atoms with E-state index in [1.807, 2.05) is 72.5 Å². The Morgan fingerprint density at radius 1 is 0.886 bits per heavy atom. The van der Waals surface area contributed by atoms with Gasteiger partial charge in [0.1, 0.15) is 5.69 Å². The molecule has 0 bridgehead atoms. The van der Waals surface area contributed by atoms with Gasteiger partial charge in [-0.3, -0.25) is 14.9 Å². The van der Waals surface area contributed by atoms with Gasteiger partial charge in [-0.2, -0.15) is 0 Å². The fraction of sp³-hybridized carbons (Fsp3) is 0.321. The lowest BCUT2D eigenvalue weighted by atomic mass is 10.0. The molecule has 1 fully saturated rings. The summed E-state index contributed by atoms with van der Waals surface area (Å²) < 4.78 is 0. The van der Waals surface area contributed by atoms with Crippen molar-refractivity contribution in [3.05, 3.63) is 99.6 Å². The molecule has 35 heavy (non-hydrogen) atoms. The molecule has 0 spiro atoms. The number of benzene rings is 3. The van der Waals surface area contributed by atoms with Crippen molar-refractivity contribution in [1.82, 2.24) is 4.90 Å². The standard InChI is InChI=1S/C28H32N4O3/c1-20(2)22-9-11-24(12-10-22)28(33)31-17-15-30(16-18-31)25-13-14-27(32(34)35)26(19-25)29-21(3)23-7-5-4-6-8-23/h4-14,19-21,29H,15-18H2,1-3H3/t21-/m0/s1. The number of nitrogens with one attached hydrogen (secondary N) is 1. The van der Waals surface area contributed by atoms with E-state index in [0.29, 0.717) is 43.3 Å². The molecular formula is C28H32N4O3. The molecule has 4 rings (SSSR count). The fourth-order valence-corrected chi connectivity index (χ4v) is 4.41. The number of rotatable bonds is 7. The van der Waals surface area contributed by atoms with Crippen LogP contribution in [0.2, 0.25) is 0 Å². The fourth-order valence-electron chi connectivity index (χ4n) is 4.41. The van der Waals surface area contributed by atoms with Crippen LogP contribution in [0, 0.1) is 10.1 Å². The molecule has 3 aromatic rings. The Labute approximate surface area is 206 Å². The van der Waals surface area contributed by atoms with Gasteiger partial charge in [0.15, 0.2) is 0 Å². The summed E-state index contributed by atoms with van der Waals surface area (Å²) in [4.78, 5) is 28.3. The average Bonchev–Trinajstić information content (AvgIpc) is 2.88. The molecule has 1 heterocycles. The molecule has 1 saturated heterocycles. The summed E-state index contributed by atoms with van der Waals surface area (Å²) in [6, 6.07) is 22.8. The van der Waals surface area contributed by atoms with Crippen LogP contribution in [0.15, 0.2) is 72.8 Å². The van der Waals surface area contributed by atoms with E-state index in [-0.39, 0.29) is 22.6 Å². The van der Waals surface area contributed by atoms with Crippen LogP contribution < -0.4 is 10.2 Å². The zero-order valence-corrected chi connectivity index (χ0v) is 20.5. The van der Waals surface area contributed by atoms with E-state index in [0.717, 1.165) is 11.3 Å². The molecule has 0 unspecified atom stereocenters. The van der Waals surface area contributed by atoms with E-state index in [4.69, 9.17) is 0 Å². The zero-order chi connectivity index (χ0) is 24.9. The normalized spacial score (nSPS) is 14.6. The van der Waals surface area contributed by atoms with Gasteiger partial charge in [-0.25, -0.2) is 0 Å². The van der Waals surface area contributed by atoms with Gasteiger partial charge in [-0.05, 0) is 48.2 Å². The highest BCUT2D eigenvalue weighted by molar-refractivity contribution is 5.94. The third-order valence-corrected chi connectivity index (χ3v) is 6.60. The Morgan fingerprint density at radius 3 is 2.14 bits per heavy atom. The van der Waals surface area contributed by atoms with Gasteiger partial charge in [0.2, 0.25) is 0 Å². The minimum atomic E-state index is -0.356. The van der Waals surface area contributed by atoms with E-state index in [9.17, 15) is 14.9 Å². The minimum Gasteiger partial charge on any atom is -0.373 e. The number of anilines is 2. The van der Waals surface area contributed by atoms with Gasteiger partial charge in [0, 0.05) is 49.5 Å². The molecule has 0 saturated carbocycles. The Kier molecular flexibility index (Phi) is 7.34. The smallest absolute Gasteiger partial charge is 0.292 e. The molecule has 0 aliphatic carbocycles. The molecule has 0 radical (unpaired) electrons. The van der Waals surface area contributed by atoms with Gasteiger partial charge in [0.25, 0.3) is 11.6 Å². The minimum absolute atomic E-state index is 0.0442. The molecule has 1 N–H and O–H groups in total. The Balaban J connectivity index is 1.45. The highest BCUT2D eigenvalue weighted by Crippen LogP contribution is 2.33. The summed E-state index contributed by atoms with van der Waals surface area (Å²) in [5.41, 5.74) is 4.44. The van der Waals surface area contributed by atoms with Crippen molar-refractivity contribution in [2.45, 2.75) is 32.7 Å². The van der Waals surface area contributed by atoms with Crippen molar-refractivity contribution in [3.8, 4) is 0 Å². The average molecular weight is 473 g/mol. The van der Waals surface area contributed by atoms with Gasteiger partial charge in [0.05, 0.1) is 4.92 Å². The van der Waals surface area contributed by atoms with Crippen LogP contribution in [0.1, 0.15) is 54.2 Å². The molecule has 1 atom stereocenters. The number of nitro groups is 1. The first-order chi connectivity index (χ1) is 16.8. The number of hydrogen-bond donors (Lipinski definition) is 1. The molecule has 1 aliphatic heterocycles. The van der Waals surface area contributed by atoms with Crippen molar-refractivity contribution in [2.75, 3.05) is 36.4 Å². The highest BCUT2D eigenvalue weighted by atomic mass is 16.6. The van der Waals surface area contributed by atoms with Crippen LogP contribution in [0.3, 0.4) is 0 Å². The van der Waals surface area contributed by atoms with Gasteiger partial charge in [-0.1, -0.05) is 56.3 Å². The van der Waals surface area contributed by atoms with Gasteiger partial charge in [-0.15, -0.1) is 0 Å². The number of piperazine rings is 1. The second kappa shape index (κ2) is 10.6. The Bertz CT molecular complexity index is 1170. The SMILES string of the molecule is CC(C)c1ccc(C(=O)N2CCN(c3ccc([N+](=O)[O-])c(N[C@@H](C)c4ccccc4)c3)CC2)cc1. The van der Waals surface area contributed by atoms with Crippen LogP contribution in [0.25, 0.3) is 0 Å². The first-order valence-corrected chi connectivity index (χ1v) is 12.1. The lowest BCUT2D eigenvalue weighted by Crippen LogP contribution is -2.48. The molecular weight excluding hydrogens is 440 g/mol. The van der Waals surface area contributed by atoms with Crippen molar-refractivity contribution in [1.29, 1.82) is 0 Å².